The summed E-state index contributed by atoms with van der Waals surface area (Å²) in [6.07, 6.45) is 0.141. The van der Waals surface area contributed by atoms with Gasteiger partial charge in [0.15, 0.2) is 0 Å². The van der Waals surface area contributed by atoms with Crippen LogP contribution >= 0.6 is 7.82 Å². The maximum absolute atomic E-state index is 12.4. The number of aryl methyl sites for hydroxylation is 1. The van der Waals surface area contributed by atoms with Crippen molar-refractivity contribution in [3.63, 3.8) is 0 Å². The lowest BCUT2D eigenvalue weighted by Crippen LogP contribution is -2.33. The number of aromatic amines is 1. The van der Waals surface area contributed by atoms with Gasteiger partial charge in [0.25, 0.3) is 5.56 Å². The van der Waals surface area contributed by atoms with Crippen LogP contribution in [0.3, 0.4) is 0 Å². The molecule has 1 fully saturated rings. The first-order chi connectivity index (χ1) is 12.6. The summed E-state index contributed by atoms with van der Waals surface area (Å²) in [6.45, 7) is 12.6. The number of hydrogen-bond acceptors (Lipinski definition) is 6. The molecule has 1 aromatic heterocycles. The van der Waals surface area contributed by atoms with Gasteiger partial charge in [-0.3, -0.25) is 23.4 Å². The maximum atomic E-state index is 12.4. The van der Waals surface area contributed by atoms with Crippen molar-refractivity contribution in [2.75, 3.05) is 0 Å². The molecule has 0 radical (unpaired) electrons. The first-order valence-corrected chi connectivity index (χ1v) is 10.8. The highest BCUT2D eigenvalue weighted by atomic mass is 31.2. The van der Waals surface area contributed by atoms with Gasteiger partial charge >= 0.3 is 13.5 Å². The zero-order valence-electron chi connectivity index (χ0n) is 17.5. The monoisotopic (exact) mass is 418 g/mol. The maximum Gasteiger partial charge on any atom is 0.473 e. The van der Waals surface area contributed by atoms with E-state index in [2.05, 4.69) is 4.98 Å². The molecule has 2 N–H and O–H groups in total. The largest absolute Gasteiger partial charge is 0.473 e. The van der Waals surface area contributed by atoms with Crippen molar-refractivity contribution >= 4 is 7.82 Å². The molecular weight excluding hydrogens is 387 g/mol. The fraction of sp³-hybridized carbons (Fsp3) is 0.778. The minimum atomic E-state index is -4.34. The summed E-state index contributed by atoms with van der Waals surface area (Å²) in [7, 11) is -4.34. The topological polar surface area (TPSA) is 120 Å². The second kappa shape index (κ2) is 7.88. The highest BCUT2D eigenvalue weighted by Gasteiger charge is 2.44. The van der Waals surface area contributed by atoms with Crippen molar-refractivity contribution in [2.24, 2.45) is 5.41 Å². The summed E-state index contributed by atoms with van der Waals surface area (Å²) in [6, 6.07) is 0. The van der Waals surface area contributed by atoms with Gasteiger partial charge in [0.1, 0.15) is 6.23 Å². The third-order valence-electron chi connectivity index (χ3n) is 4.11. The van der Waals surface area contributed by atoms with Gasteiger partial charge in [-0.05, 0) is 39.5 Å². The number of ether oxygens (including phenoxy) is 1. The zero-order valence-corrected chi connectivity index (χ0v) is 18.4. The van der Waals surface area contributed by atoms with Gasteiger partial charge < -0.3 is 9.63 Å². The van der Waals surface area contributed by atoms with E-state index in [1.807, 2.05) is 20.8 Å². The van der Waals surface area contributed by atoms with Crippen LogP contribution in [0.5, 0.6) is 0 Å². The Morgan fingerprint density at radius 1 is 1.29 bits per heavy atom. The van der Waals surface area contributed by atoms with Gasteiger partial charge in [0, 0.05) is 18.2 Å². The Labute approximate surface area is 164 Å². The molecule has 0 amide bonds. The van der Waals surface area contributed by atoms with E-state index in [-0.39, 0.29) is 11.8 Å². The number of aromatic nitrogens is 2. The average Bonchev–Trinajstić information content (AvgIpc) is 2.79. The fourth-order valence-electron chi connectivity index (χ4n) is 3.11. The second-order valence-electron chi connectivity index (χ2n) is 9.42. The molecule has 0 bridgehead atoms. The SMILES string of the molecule is Cc1cn([C@H]2CC(OP(=O)(O)OC(C)(C)C)[C@@H](CC(C)(C)C)O2)c(=O)[nH]c1=O. The Kier molecular flexibility index (Phi) is 6.48. The molecule has 1 aliphatic rings. The van der Waals surface area contributed by atoms with E-state index < -0.39 is 43.1 Å². The van der Waals surface area contributed by atoms with Crippen LogP contribution < -0.4 is 11.2 Å². The molecule has 2 rings (SSSR count). The molecule has 9 nitrogen and oxygen atoms in total. The normalized spacial score (nSPS) is 25.6. The highest BCUT2D eigenvalue weighted by molar-refractivity contribution is 7.47. The average molecular weight is 418 g/mol. The molecular formula is C18H31N2O7P. The van der Waals surface area contributed by atoms with Gasteiger partial charge in [-0.1, -0.05) is 20.8 Å². The van der Waals surface area contributed by atoms with E-state index in [1.54, 1.807) is 27.7 Å². The van der Waals surface area contributed by atoms with Crippen LogP contribution in [0.2, 0.25) is 0 Å². The molecule has 0 aliphatic carbocycles. The van der Waals surface area contributed by atoms with Crippen LogP contribution in [0.4, 0.5) is 0 Å². The lowest BCUT2D eigenvalue weighted by atomic mass is 9.87. The van der Waals surface area contributed by atoms with E-state index in [0.29, 0.717) is 12.0 Å². The quantitative estimate of drug-likeness (QED) is 0.706. The van der Waals surface area contributed by atoms with Crippen molar-refractivity contribution in [1.29, 1.82) is 0 Å². The van der Waals surface area contributed by atoms with Crippen LogP contribution in [0.25, 0.3) is 0 Å². The first-order valence-electron chi connectivity index (χ1n) is 9.26. The Hall–Kier alpha value is -1.25. The van der Waals surface area contributed by atoms with Gasteiger partial charge in [0.05, 0.1) is 17.8 Å². The number of hydrogen-bond donors (Lipinski definition) is 2. The van der Waals surface area contributed by atoms with E-state index in [1.165, 1.54) is 10.8 Å². The summed E-state index contributed by atoms with van der Waals surface area (Å²) in [5, 5.41) is 0. The third kappa shape index (κ3) is 6.39. The lowest BCUT2D eigenvalue weighted by Gasteiger charge is -2.29. The molecule has 0 aromatic carbocycles. The van der Waals surface area contributed by atoms with Crippen LogP contribution in [-0.4, -0.2) is 32.3 Å². The molecule has 2 heterocycles. The third-order valence-corrected chi connectivity index (χ3v) is 5.42. The molecule has 160 valence electrons. The Morgan fingerprint density at radius 2 is 1.89 bits per heavy atom. The summed E-state index contributed by atoms with van der Waals surface area (Å²) in [5.41, 5.74) is -1.71. The summed E-state index contributed by atoms with van der Waals surface area (Å²) < 4.78 is 30.4. The Balaban J connectivity index is 2.30. The standard InChI is InChI=1S/C18H31N2O7P/c1-11-10-20(16(22)19-15(11)21)14-8-12(13(25-14)9-17(2,3)4)26-28(23,24)27-18(5,6)7/h10,12-14H,8-9H2,1-7H3,(H,23,24)(H,19,21,22)/t12?,13-,14-/m1/s1. The van der Waals surface area contributed by atoms with Gasteiger partial charge in [-0.25, -0.2) is 9.36 Å². The first kappa shape index (κ1) is 23.0. The molecule has 10 heteroatoms. The fourth-order valence-corrected chi connectivity index (χ4v) is 4.41. The number of rotatable bonds is 5. The smallest absolute Gasteiger partial charge is 0.352 e. The second-order valence-corrected chi connectivity index (χ2v) is 10.8. The molecule has 4 atom stereocenters. The Morgan fingerprint density at radius 3 is 2.43 bits per heavy atom. The van der Waals surface area contributed by atoms with Gasteiger partial charge in [-0.15, -0.1) is 0 Å². The van der Waals surface area contributed by atoms with Crippen molar-refractivity contribution in [3.05, 3.63) is 32.6 Å². The van der Waals surface area contributed by atoms with E-state index >= 15 is 0 Å². The minimum absolute atomic E-state index is 0.141. The summed E-state index contributed by atoms with van der Waals surface area (Å²) in [4.78, 5) is 36.2. The number of H-pyrrole nitrogens is 1. The zero-order chi connectivity index (χ0) is 21.5. The predicted octanol–water partition coefficient (Wildman–Crippen LogP) is 2.87. The predicted molar refractivity (Wildman–Crippen MR) is 104 cm³/mol. The number of nitrogens with zero attached hydrogens (tertiary/aromatic N) is 1. The minimum Gasteiger partial charge on any atom is -0.352 e. The molecule has 1 saturated heterocycles. The van der Waals surface area contributed by atoms with Crippen molar-refractivity contribution in [2.45, 2.75) is 85.3 Å². The van der Waals surface area contributed by atoms with Crippen molar-refractivity contribution < 1.29 is 23.2 Å². The van der Waals surface area contributed by atoms with Crippen molar-refractivity contribution in [1.82, 2.24) is 9.55 Å². The lowest BCUT2D eigenvalue weighted by molar-refractivity contribution is -0.0427. The number of phosphoric acid groups is 1. The molecule has 2 unspecified atom stereocenters. The van der Waals surface area contributed by atoms with Crippen LogP contribution in [0.15, 0.2) is 15.8 Å². The van der Waals surface area contributed by atoms with Crippen LogP contribution in [-0.2, 0) is 18.3 Å². The van der Waals surface area contributed by atoms with E-state index in [0.717, 1.165) is 0 Å². The van der Waals surface area contributed by atoms with Gasteiger partial charge in [0.2, 0.25) is 0 Å². The molecule has 0 spiro atoms. The molecule has 28 heavy (non-hydrogen) atoms. The Bertz CT molecular complexity index is 862. The number of nitrogens with one attached hydrogen (secondary N) is 1. The number of phosphoric ester groups is 1. The van der Waals surface area contributed by atoms with Crippen molar-refractivity contribution in [3.8, 4) is 0 Å². The molecule has 0 saturated carbocycles. The van der Waals surface area contributed by atoms with Crippen LogP contribution in [0, 0.1) is 12.3 Å². The molecule has 1 aromatic rings. The summed E-state index contributed by atoms with van der Waals surface area (Å²) >= 11 is 0. The van der Waals surface area contributed by atoms with E-state index in [4.69, 9.17) is 13.8 Å². The summed E-state index contributed by atoms with van der Waals surface area (Å²) in [5.74, 6) is 0. The van der Waals surface area contributed by atoms with E-state index in [9.17, 15) is 19.0 Å². The highest BCUT2D eigenvalue weighted by Crippen LogP contribution is 2.51. The molecule has 1 aliphatic heterocycles. The van der Waals surface area contributed by atoms with Crippen LogP contribution in [0.1, 0.15) is 66.2 Å². The van der Waals surface area contributed by atoms with Gasteiger partial charge in [-0.2, -0.15) is 0 Å².